The third kappa shape index (κ3) is 4.21. The molecule has 1 N–H and O–H groups in total. The molecule has 2 amide bonds. The van der Waals surface area contributed by atoms with Crippen LogP contribution in [-0.2, 0) is 14.3 Å². The van der Waals surface area contributed by atoms with Gasteiger partial charge in [0.15, 0.2) is 0 Å². The number of nitrogens with zero attached hydrogens (tertiary/aromatic N) is 1. The van der Waals surface area contributed by atoms with E-state index in [-0.39, 0.29) is 23.7 Å². The number of carbonyl (C=O) groups is 2. The Morgan fingerprint density at radius 3 is 2.36 bits per heavy atom. The zero-order chi connectivity index (χ0) is 18.0. The summed E-state index contributed by atoms with van der Waals surface area (Å²) in [5.41, 5.74) is 2.53. The van der Waals surface area contributed by atoms with Crippen LogP contribution in [-0.4, -0.2) is 49.1 Å². The zero-order valence-corrected chi connectivity index (χ0v) is 15.3. The van der Waals surface area contributed by atoms with Gasteiger partial charge in [-0.2, -0.15) is 0 Å². The average molecular weight is 344 g/mol. The molecule has 1 aromatic carbocycles. The standard InChI is InChI=1S/C20H28N2O3/c1-13(2)15-4-6-16(7-5-15)17-12-18(17)19(23)21-14(3)20(24)22-8-10-25-11-9-22/h4-7,13-14,17-18H,8-12H2,1-3H3,(H,21,23)/t14-,17-,18+/m0/s1. The molecule has 0 bridgehead atoms. The summed E-state index contributed by atoms with van der Waals surface area (Å²) in [5, 5.41) is 2.90. The summed E-state index contributed by atoms with van der Waals surface area (Å²) in [5.74, 6) is 0.762. The van der Waals surface area contributed by atoms with E-state index in [2.05, 4.69) is 43.4 Å². The number of rotatable bonds is 5. The molecule has 1 saturated carbocycles. The molecule has 136 valence electrons. The molecule has 5 heteroatoms. The Morgan fingerprint density at radius 1 is 1.12 bits per heavy atom. The molecule has 3 atom stereocenters. The van der Waals surface area contributed by atoms with Crippen molar-refractivity contribution in [2.24, 2.45) is 5.92 Å². The lowest BCUT2D eigenvalue weighted by Crippen LogP contribution is -2.50. The van der Waals surface area contributed by atoms with Crippen LogP contribution in [0.1, 0.15) is 50.2 Å². The van der Waals surface area contributed by atoms with Crippen molar-refractivity contribution in [1.82, 2.24) is 10.2 Å². The molecule has 1 saturated heterocycles. The minimum Gasteiger partial charge on any atom is -0.378 e. The van der Waals surface area contributed by atoms with Crippen LogP contribution in [0.25, 0.3) is 0 Å². The van der Waals surface area contributed by atoms with Gasteiger partial charge >= 0.3 is 0 Å². The van der Waals surface area contributed by atoms with E-state index in [4.69, 9.17) is 4.74 Å². The molecule has 0 unspecified atom stereocenters. The van der Waals surface area contributed by atoms with Crippen molar-refractivity contribution in [3.8, 4) is 0 Å². The first-order valence-corrected chi connectivity index (χ1v) is 9.24. The normalized spacial score (nSPS) is 24.1. The summed E-state index contributed by atoms with van der Waals surface area (Å²) in [6, 6.07) is 8.09. The number of hydrogen-bond donors (Lipinski definition) is 1. The highest BCUT2D eigenvalue weighted by atomic mass is 16.5. The maximum absolute atomic E-state index is 12.5. The van der Waals surface area contributed by atoms with E-state index < -0.39 is 6.04 Å². The molecule has 2 fully saturated rings. The highest BCUT2D eigenvalue weighted by molar-refractivity contribution is 5.90. The third-order valence-corrected chi connectivity index (χ3v) is 5.21. The molecule has 2 aliphatic rings. The predicted molar refractivity (Wildman–Crippen MR) is 96.4 cm³/mol. The van der Waals surface area contributed by atoms with E-state index in [0.717, 1.165) is 6.42 Å². The summed E-state index contributed by atoms with van der Waals surface area (Å²) in [6.07, 6.45) is 0.866. The molecule has 1 aromatic rings. The van der Waals surface area contributed by atoms with E-state index in [1.165, 1.54) is 11.1 Å². The first-order valence-electron chi connectivity index (χ1n) is 9.24. The quantitative estimate of drug-likeness (QED) is 0.891. The molecule has 3 rings (SSSR count). The number of carbonyl (C=O) groups excluding carboxylic acids is 2. The van der Waals surface area contributed by atoms with Crippen molar-refractivity contribution in [3.63, 3.8) is 0 Å². The van der Waals surface area contributed by atoms with E-state index in [9.17, 15) is 9.59 Å². The number of nitrogens with one attached hydrogen (secondary N) is 1. The van der Waals surface area contributed by atoms with Crippen LogP contribution in [0, 0.1) is 5.92 Å². The zero-order valence-electron chi connectivity index (χ0n) is 15.3. The van der Waals surface area contributed by atoms with Crippen LogP contribution in [0.15, 0.2) is 24.3 Å². The molecule has 5 nitrogen and oxygen atoms in total. The van der Waals surface area contributed by atoms with Crippen molar-refractivity contribution in [2.45, 2.75) is 45.1 Å². The molecule has 0 radical (unpaired) electrons. The highest BCUT2D eigenvalue weighted by Crippen LogP contribution is 2.47. The van der Waals surface area contributed by atoms with E-state index >= 15 is 0 Å². The lowest BCUT2D eigenvalue weighted by Gasteiger charge is -2.29. The summed E-state index contributed by atoms with van der Waals surface area (Å²) >= 11 is 0. The minimum absolute atomic E-state index is 0.00737. The van der Waals surface area contributed by atoms with Crippen LogP contribution < -0.4 is 5.32 Å². The van der Waals surface area contributed by atoms with Crippen molar-refractivity contribution in [2.75, 3.05) is 26.3 Å². The fourth-order valence-corrected chi connectivity index (χ4v) is 3.42. The van der Waals surface area contributed by atoms with Gasteiger partial charge in [0, 0.05) is 19.0 Å². The van der Waals surface area contributed by atoms with Crippen molar-refractivity contribution in [1.29, 1.82) is 0 Å². The van der Waals surface area contributed by atoms with Crippen molar-refractivity contribution >= 4 is 11.8 Å². The molecule has 1 aliphatic carbocycles. The van der Waals surface area contributed by atoms with Gasteiger partial charge in [0.25, 0.3) is 0 Å². The van der Waals surface area contributed by atoms with Gasteiger partial charge in [-0.25, -0.2) is 0 Å². The van der Waals surface area contributed by atoms with E-state index in [1.54, 1.807) is 11.8 Å². The van der Waals surface area contributed by atoms with Gasteiger partial charge in [0.05, 0.1) is 13.2 Å². The van der Waals surface area contributed by atoms with Crippen LogP contribution in [0.4, 0.5) is 0 Å². The van der Waals surface area contributed by atoms with Gasteiger partial charge in [-0.1, -0.05) is 38.1 Å². The second kappa shape index (κ2) is 7.56. The fraction of sp³-hybridized carbons (Fsp3) is 0.600. The molecular weight excluding hydrogens is 316 g/mol. The van der Waals surface area contributed by atoms with Gasteiger partial charge < -0.3 is 15.0 Å². The maximum Gasteiger partial charge on any atom is 0.245 e. The molecule has 0 spiro atoms. The van der Waals surface area contributed by atoms with Crippen LogP contribution in [0.3, 0.4) is 0 Å². The maximum atomic E-state index is 12.5. The highest BCUT2D eigenvalue weighted by Gasteiger charge is 2.44. The second-order valence-electron chi connectivity index (χ2n) is 7.44. The van der Waals surface area contributed by atoms with Crippen LogP contribution >= 0.6 is 0 Å². The van der Waals surface area contributed by atoms with Gasteiger partial charge in [0.2, 0.25) is 11.8 Å². The number of morpholine rings is 1. The minimum atomic E-state index is -0.477. The van der Waals surface area contributed by atoms with Crippen molar-refractivity contribution < 1.29 is 14.3 Å². The summed E-state index contributed by atoms with van der Waals surface area (Å²) in [6.45, 7) is 8.47. The summed E-state index contributed by atoms with van der Waals surface area (Å²) < 4.78 is 5.26. The second-order valence-corrected chi connectivity index (χ2v) is 7.44. The summed E-state index contributed by atoms with van der Waals surface area (Å²) in [7, 11) is 0. The Hall–Kier alpha value is -1.88. The topological polar surface area (TPSA) is 58.6 Å². The first kappa shape index (κ1) is 17.9. The smallest absolute Gasteiger partial charge is 0.245 e. The Bertz CT molecular complexity index is 620. The van der Waals surface area contributed by atoms with Gasteiger partial charge in [0.1, 0.15) is 6.04 Å². The molecule has 1 aliphatic heterocycles. The Labute approximate surface area is 149 Å². The van der Waals surface area contributed by atoms with Gasteiger partial charge in [-0.15, -0.1) is 0 Å². The summed E-state index contributed by atoms with van der Waals surface area (Å²) in [4.78, 5) is 26.6. The number of benzene rings is 1. The monoisotopic (exact) mass is 344 g/mol. The Morgan fingerprint density at radius 2 is 1.76 bits per heavy atom. The predicted octanol–water partition coefficient (Wildman–Crippen LogP) is 2.28. The van der Waals surface area contributed by atoms with E-state index in [0.29, 0.717) is 32.2 Å². The lowest BCUT2D eigenvalue weighted by atomic mass is 10.00. The van der Waals surface area contributed by atoms with E-state index in [1.807, 2.05) is 0 Å². The largest absolute Gasteiger partial charge is 0.378 e. The van der Waals surface area contributed by atoms with Gasteiger partial charge in [-0.05, 0) is 36.3 Å². The fourth-order valence-electron chi connectivity index (χ4n) is 3.42. The molecular formula is C20H28N2O3. The van der Waals surface area contributed by atoms with Crippen LogP contribution in [0.2, 0.25) is 0 Å². The Kier molecular flexibility index (Phi) is 5.42. The molecule has 0 aromatic heterocycles. The average Bonchev–Trinajstić information content (AvgIpc) is 3.42. The Balaban J connectivity index is 1.51. The number of amides is 2. The SMILES string of the molecule is CC(C)c1ccc([C@@H]2C[C@H]2C(=O)N[C@@H](C)C(=O)N2CCOCC2)cc1. The third-order valence-electron chi connectivity index (χ3n) is 5.21. The molecule has 25 heavy (non-hydrogen) atoms. The van der Waals surface area contributed by atoms with Crippen LogP contribution in [0.5, 0.6) is 0 Å². The number of hydrogen-bond acceptors (Lipinski definition) is 3. The van der Waals surface area contributed by atoms with Gasteiger partial charge in [-0.3, -0.25) is 9.59 Å². The number of ether oxygens (including phenoxy) is 1. The lowest BCUT2D eigenvalue weighted by molar-refractivity contribution is -0.139. The first-order chi connectivity index (χ1) is 12.0. The van der Waals surface area contributed by atoms with Crippen molar-refractivity contribution in [3.05, 3.63) is 35.4 Å². The molecule has 1 heterocycles.